The van der Waals surface area contributed by atoms with Crippen LogP contribution in [0.5, 0.6) is 0 Å². The second-order valence-corrected chi connectivity index (χ2v) is 10.8. The lowest BCUT2D eigenvalue weighted by atomic mass is 9.88. The summed E-state index contributed by atoms with van der Waals surface area (Å²) in [5.74, 6) is 2.60. The number of urea groups is 1. The van der Waals surface area contributed by atoms with Crippen LogP contribution in [0.1, 0.15) is 84.6 Å². The van der Waals surface area contributed by atoms with Crippen molar-refractivity contribution in [2.24, 2.45) is 0 Å². The van der Waals surface area contributed by atoms with Gasteiger partial charge in [-0.3, -0.25) is 0 Å². The molecule has 1 atom stereocenters. The molecule has 1 aliphatic heterocycles. The Hall–Kier alpha value is -1.89. The fourth-order valence-electron chi connectivity index (χ4n) is 4.76. The number of anilines is 1. The summed E-state index contributed by atoms with van der Waals surface area (Å²) in [4.78, 5) is 11.8. The fourth-order valence-corrected chi connectivity index (χ4v) is 4.93. The van der Waals surface area contributed by atoms with Crippen LogP contribution < -0.4 is 15.3 Å². The molecule has 0 saturated heterocycles. The molecule has 1 aliphatic rings. The van der Waals surface area contributed by atoms with E-state index in [9.17, 15) is 4.79 Å². The molecule has 0 radical (unpaired) electrons. The van der Waals surface area contributed by atoms with Crippen LogP contribution in [0.4, 0.5) is 10.5 Å². The number of hydrogen-bond donors (Lipinski definition) is 2. The molecule has 0 fully saturated rings. The van der Waals surface area contributed by atoms with Crippen molar-refractivity contribution >= 4 is 23.3 Å². The number of quaternary nitrogens is 1. The molecule has 9 heteroatoms. The zero-order valence-electron chi connectivity index (χ0n) is 25.5. The van der Waals surface area contributed by atoms with Gasteiger partial charge in [0.15, 0.2) is 5.54 Å². The third kappa shape index (κ3) is 13.2. The summed E-state index contributed by atoms with van der Waals surface area (Å²) in [6, 6.07) is 4.70. The minimum absolute atomic E-state index is 0. The van der Waals surface area contributed by atoms with Crippen LogP contribution in [-0.4, -0.2) is 70.4 Å². The number of unbranched alkanes of at least 4 members (excludes halogenated alkanes) is 4. The maximum atomic E-state index is 11.8. The Morgan fingerprint density at radius 1 is 0.925 bits per heavy atom. The molecule has 1 aromatic rings. The van der Waals surface area contributed by atoms with Crippen LogP contribution in [0, 0.1) is 12.3 Å². The van der Waals surface area contributed by atoms with Crippen LogP contribution in [-0.2, 0) is 19.7 Å². The molecule has 1 unspecified atom stereocenters. The fraction of sp³-hybridized carbons (Fsp3) is 0.710. The molecule has 1 heterocycles. The van der Waals surface area contributed by atoms with Crippen LogP contribution >= 0.6 is 11.6 Å². The number of benzene rings is 1. The highest BCUT2D eigenvalue weighted by molar-refractivity contribution is 6.30. The smallest absolute Gasteiger partial charge is 0.320 e. The van der Waals surface area contributed by atoms with Gasteiger partial charge >= 0.3 is 6.03 Å². The Morgan fingerprint density at radius 2 is 1.48 bits per heavy atom. The summed E-state index contributed by atoms with van der Waals surface area (Å²) < 4.78 is 17.0. The molecule has 0 bridgehead atoms. The number of rotatable bonds is 19. The zero-order chi connectivity index (χ0) is 29.0. The molecular weight excluding hydrogens is 533 g/mol. The number of ether oxygens (including phenoxy) is 3. The van der Waals surface area contributed by atoms with E-state index in [1.165, 1.54) is 82.0 Å². The molecule has 0 aliphatic carbocycles. The molecular formula is C31H53ClFN3O4. The highest BCUT2D eigenvalue weighted by atomic mass is 35.5. The van der Waals surface area contributed by atoms with Crippen molar-refractivity contribution < 1.29 is 28.2 Å². The van der Waals surface area contributed by atoms with Crippen molar-refractivity contribution in [3.8, 4) is 12.3 Å². The Morgan fingerprint density at radius 3 is 1.95 bits per heavy atom. The van der Waals surface area contributed by atoms with E-state index in [1.807, 2.05) is 0 Å². The number of terminal acetylenes is 1. The standard InChI is InChI=1S/C16H36N.C15H17ClN2O4.FH/c1-5-9-13-17(14-10-6-2,15-11-7-3)16-12-8-4;1-3-15(9-22-10-21-7-6-20-2)12-8-11(16)4-5-13(12)17-14(19)18-15;/h5-16H2,1-4H3;1,4-5,8H,6-7,9-10H2,2H3,(H2,17,18,19);1H/q+1;;/p-1. The number of amides is 2. The minimum Gasteiger partial charge on any atom is -1.00 e. The summed E-state index contributed by atoms with van der Waals surface area (Å²) in [6.07, 6.45) is 16.7. The van der Waals surface area contributed by atoms with E-state index in [2.05, 4.69) is 44.2 Å². The number of carbonyl (C=O) groups excluding carboxylic acids is 1. The van der Waals surface area contributed by atoms with Crippen molar-refractivity contribution in [1.82, 2.24) is 5.32 Å². The van der Waals surface area contributed by atoms with Gasteiger partial charge in [0.2, 0.25) is 0 Å². The highest BCUT2D eigenvalue weighted by Crippen LogP contribution is 2.34. The van der Waals surface area contributed by atoms with Crippen LogP contribution in [0.25, 0.3) is 0 Å². The number of hydrogen-bond acceptors (Lipinski definition) is 4. The molecule has 2 N–H and O–H groups in total. The summed E-state index contributed by atoms with van der Waals surface area (Å²) >= 11 is 6.03. The second-order valence-electron chi connectivity index (χ2n) is 10.3. The Bertz CT molecular complexity index is 830. The largest absolute Gasteiger partial charge is 1.00 e. The zero-order valence-corrected chi connectivity index (χ0v) is 26.2. The minimum atomic E-state index is -1.09. The third-order valence-corrected chi connectivity index (χ3v) is 7.36. The van der Waals surface area contributed by atoms with E-state index in [-0.39, 0.29) is 18.1 Å². The Balaban J connectivity index is 0.000000770. The Kier molecular flexibility index (Phi) is 20.8. The van der Waals surface area contributed by atoms with Gasteiger partial charge in [0, 0.05) is 23.4 Å². The molecule has 0 aromatic heterocycles. The average molecular weight is 586 g/mol. The van der Waals surface area contributed by atoms with Crippen molar-refractivity contribution in [2.75, 3.05) is 65.2 Å². The van der Waals surface area contributed by atoms with Gasteiger partial charge in [0.25, 0.3) is 0 Å². The van der Waals surface area contributed by atoms with Crippen molar-refractivity contribution in [3.63, 3.8) is 0 Å². The number of nitrogens with one attached hydrogen (secondary N) is 2. The van der Waals surface area contributed by atoms with Crippen LogP contribution in [0.2, 0.25) is 5.02 Å². The van der Waals surface area contributed by atoms with Crippen molar-refractivity contribution in [1.29, 1.82) is 0 Å². The molecule has 2 amide bonds. The molecule has 1 aromatic carbocycles. The van der Waals surface area contributed by atoms with E-state index in [0.717, 1.165) is 0 Å². The average Bonchev–Trinajstić information content (AvgIpc) is 2.94. The monoisotopic (exact) mass is 585 g/mol. The maximum Gasteiger partial charge on any atom is 0.320 e. The highest BCUT2D eigenvalue weighted by Gasteiger charge is 2.38. The van der Waals surface area contributed by atoms with Gasteiger partial charge in [-0.25, -0.2) is 4.79 Å². The SMILES string of the molecule is C#CC1(COCOCCOC)NC(=O)Nc2ccc(Cl)cc21.CCCC[N+](CCCC)(CCCC)CCCC.[F-]. The molecule has 0 spiro atoms. The first kappa shape index (κ1) is 38.1. The lowest BCUT2D eigenvalue weighted by molar-refractivity contribution is -0.929. The van der Waals surface area contributed by atoms with Gasteiger partial charge in [-0.15, -0.1) is 6.42 Å². The van der Waals surface area contributed by atoms with Gasteiger partial charge in [-0.2, -0.15) is 0 Å². The van der Waals surface area contributed by atoms with Crippen LogP contribution in [0.15, 0.2) is 18.2 Å². The molecule has 7 nitrogen and oxygen atoms in total. The van der Waals surface area contributed by atoms with E-state index < -0.39 is 11.6 Å². The molecule has 230 valence electrons. The first-order valence-electron chi connectivity index (χ1n) is 14.7. The van der Waals surface area contributed by atoms with Gasteiger partial charge in [0.1, 0.15) is 6.79 Å². The summed E-state index contributed by atoms with van der Waals surface area (Å²) in [5.41, 5.74) is 0.196. The second kappa shape index (κ2) is 21.8. The van der Waals surface area contributed by atoms with E-state index in [0.29, 0.717) is 29.5 Å². The summed E-state index contributed by atoms with van der Waals surface area (Å²) in [6.45, 7) is 16.0. The van der Waals surface area contributed by atoms with Gasteiger partial charge in [-0.1, -0.05) is 70.9 Å². The first-order chi connectivity index (χ1) is 18.9. The maximum absolute atomic E-state index is 11.8. The van der Waals surface area contributed by atoms with E-state index in [1.54, 1.807) is 25.3 Å². The lowest BCUT2D eigenvalue weighted by Gasteiger charge is -2.39. The predicted molar refractivity (Wildman–Crippen MR) is 162 cm³/mol. The molecule has 2 rings (SSSR count). The van der Waals surface area contributed by atoms with E-state index >= 15 is 0 Å². The Labute approximate surface area is 247 Å². The number of nitrogens with zero attached hydrogens (tertiary/aromatic N) is 1. The predicted octanol–water partition coefficient (Wildman–Crippen LogP) is 3.95. The quantitative estimate of drug-likeness (QED) is 0.112. The van der Waals surface area contributed by atoms with Crippen molar-refractivity contribution in [2.45, 2.75) is 84.6 Å². The number of fused-ring (bicyclic) bond motifs is 1. The van der Waals surface area contributed by atoms with Gasteiger partial charge in [-0.05, 0) is 43.9 Å². The van der Waals surface area contributed by atoms with Crippen LogP contribution in [0.3, 0.4) is 0 Å². The first-order valence-corrected chi connectivity index (χ1v) is 15.1. The summed E-state index contributed by atoms with van der Waals surface area (Å²) in [5, 5.41) is 5.92. The molecule has 0 saturated carbocycles. The number of carbonyl (C=O) groups is 1. The lowest BCUT2D eigenvalue weighted by Crippen LogP contribution is -3.00. The third-order valence-electron chi connectivity index (χ3n) is 7.12. The molecule has 40 heavy (non-hydrogen) atoms. The van der Waals surface area contributed by atoms with Gasteiger partial charge in [0.05, 0.1) is 46.0 Å². The number of halogens is 2. The van der Waals surface area contributed by atoms with Crippen molar-refractivity contribution in [3.05, 3.63) is 28.8 Å². The normalized spacial score (nSPS) is 16.0. The van der Waals surface area contributed by atoms with Gasteiger partial charge < -0.3 is 34.0 Å². The summed E-state index contributed by atoms with van der Waals surface area (Å²) in [7, 11) is 1.59. The van der Waals surface area contributed by atoms with E-state index in [4.69, 9.17) is 32.2 Å². The number of methoxy groups -OCH3 is 1. The topological polar surface area (TPSA) is 68.8 Å².